The second-order valence-corrected chi connectivity index (χ2v) is 11.2. The van der Waals surface area contributed by atoms with Gasteiger partial charge in [-0.3, -0.25) is 4.79 Å². The number of hydrogen-bond acceptors (Lipinski definition) is 4. The van der Waals surface area contributed by atoms with Gasteiger partial charge in [0.2, 0.25) is 14.2 Å². The topological polar surface area (TPSA) is 64.6 Å². The van der Waals surface area contributed by atoms with Gasteiger partial charge in [0.05, 0.1) is 6.04 Å². The van der Waals surface area contributed by atoms with Gasteiger partial charge >= 0.3 is 6.09 Å². The fourth-order valence-electron chi connectivity index (χ4n) is 2.95. The van der Waals surface area contributed by atoms with Crippen LogP contribution in [-0.4, -0.2) is 31.5 Å². The van der Waals surface area contributed by atoms with Gasteiger partial charge in [-0.05, 0) is 39.4 Å². The number of nitrogens with one attached hydrogen (secondary N) is 1. The summed E-state index contributed by atoms with van der Waals surface area (Å²) < 4.78 is 11.8. The summed E-state index contributed by atoms with van der Waals surface area (Å²) >= 11 is 4.21. The highest BCUT2D eigenvalue weighted by molar-refractivity contribution is 7.96. The Morgan fingerprint density at radius 3 is 1.93 bits per heavy atom. The van der Waals surface area contributed by atoms with Gasteiger partial charge < -0.3 is 14.5 Å². The first kappa shape index (κ1) is 23.7. The molecule has 0 unspecified atom stereocenters. The number of amides is 1. The molecule has 0 bridgehead atoms. The maximum atomic E-state index is 12.9. The van der Waals surface area contributed by atoms with Crippen LogP contribution >= 0.6 is 12.6 Å². The second-order valence-electron chi connectivity index (χ2n) is 8.79. The van der Waals surface area contributed by atoms with E-state index in [-0.39, 0.29) is 0 Å². The van der Waals surface area contributed by atoms with Crippen LogP contribution in [0.4, 0.5) is 4.79 Å². The number of alkyl carbamates (subject to hydrolysis) is 1. The minimum absolute atomic E-state index is 0.425. The van der Waals surface area contributed by atoms with Crippen molar-refractivity contribution in [1.82, 2.24) is 5.32 Å². The molecular weight excluding hydrogens is 378 g/mol. The largest absolute Gasteiger partial charge is 0.444 e. The minimum atomic E-state index is -1.35. The molecular formula is C20H32NO4SSi. The predicted molar refractivity (Wildman–Crippen MR) is 113 cm³/mol. The van der Waals surface area contributed by atoms with Gasteiger partial charge in [-0.25, -0.2) is 4.79 Å². The van der Waals surface area contributed by atoms with Crippen LogP contribution in [0.2, 0.25) is 13.1 Å². The lowest BCUT2D eigenvalue weighted by molar-refractivity contribution is -0.140. The van der Waals surface area contributed by atoms with E-state index in [1.165, 1.54) is 0 Å². The van der Waals surface area contributed by atoms with Gasteiger partial charge in [-0.2, -0.15) is 0 Å². The van der Waals surface area contributed by atoms with E-state index in [0.29, 0.717) is 0 Å². The van der Waals surface area contributed by atoms with Crippen LogP contribution < -0.4 is 5.32 Å². The van der Waals surface area contributed by atoms with Gasteiger partial charge in [0, 0.05) is 5.41 Å². The standard InChI is InChI=1S/C20H32NO4SSi/c1-18(2,3)20(16(22)26,25-27(7)8)15(14-12-10-9-11-13-14)21-17(23)24-19(4,5)6/h9-13,15H,1-8H3,(H,21,23)(H,22,26)/t15-,20+/m0/s1. The number of benzene rings is 1. The molecule has 0 aliphatic rings. The molecule has 1 aromatic rings. The molecule has 1 aromatic carbocycles. The zero-order chi connectivity index (χ0) is 21.0. The summed E-state index contributed by atoms with van der Waals surface area (Å²) in [7, 11) is -1.30. The lowest BCUT2D eigenvalue weighted by atomic mass is 9.70. The lowest BCUT2D eigenvalue weighted by Crippen LogP contribution is -2.61. The first-order valence-electron chi connectivity index (χ1n) is 8.98. The zero-order valence-electron chi connectivity index (χ0n) is 17.5. The molecule has 0 aromatic heterocycles. The summed E-state index contributed by atoms with van der Waals surface area (Å²) in [5, 5.41) is 2.46. The van der Waals surface area contributed by atoms with Crippen molar-refractivity contribution >= 4 is 32.9 Å². The molecule has 27 heavy (non-hydrogen) atoms. The average Bonchev–Trinajstić information content (AvgIpc) is 2.48. The van der Waals surface area contributed by atoms with E-state index in [9.17, 15) is 9.59 Å². The monoisotopic (exact) mass is 410 g/mol. The molecule has 151 valence electrons. The lowest BCUT2D eigenvalue weighted by Gasteiger charge is -2.48. The maximum Gasteiger partial charge on any atom is 0.408 e. The van der Waals surface area contributed by atoms with E-state index in [0.717, 1.165) is 5.56 Å². The molecule has 0 aliphatic heterocycles. The predicted octanol–water partition coefficient (Wildman–Crippen LogP) is 4.76. The van der Waals surface area contributed by atoms with Gasteiger partial charge in [-0.1, -0.05) is 51.1 Å². The summed E-state index contributed by atoms with van der Waals surface area (Å²) in [6, 6.07) is 8.57. The number of thiol groups is 1. The van der Waals surface area contributed by atoms with E-state index in [1.807, 2.05) is 64.2 Å². The van der Waals surface area contributed by atoms with Crippen LogP contribution in [0.15, 0.2) is 30.3 Å². The molecule has 0 saturated carbocycles. The molecule has 2 atom stereocenters. The number of carbonyl (C=O) groups is 2. The van der Waals surface area contributed by atoms with Gasteiger partial charge in [-0.15, -0.1) is 12.6 Å². The van der Waals surface area contributed by atoms with E-state index >= 15 is 0 Å². The fraction of sp³-hybridized carbons (Fsp3) is 0.600. The number of carbonyl (C=O) groups excluding carboxylic acids is 2. The highest BCUT2D eigenvalue weighted by Gasteiger charge is 2.55. The Balaban J connectivity index is 3.56. The van der Waals surface area contributed by atoms with Gasteiger partial charge in [0.15, 0.2) is 5.60 Å². The highest BCUT2D eigenvalue weighted by atomic mass is 32.1. The van der Waals surface area contributed by atoms with Crippen LogP contribution in [-0.2, 0) is 14.0 Å². The van der Waals surface area contributed by atoms with Crippen LogP contribution in [0.3, 0.4) is 0 Å². The Kier molecular flexibility index (Phi) is 7.73. The van der Waals surface area contributed by atoms with E-state index in [4.69, 9.17) is 9.16 Å². The van der Waals surface area contributed by atoms with E-state index in [2.05, 4.69) is 17.9 Å². The molecule has 1 radical (unpaired) electrons. The van der Waals surface area contributed by atoms with Crippen molar-refractivity contribution < 1.29 is 18.8 Å². The summed E-state index contributed by atoms with van der Waals surface area (Å²) in [6.07, 6.45) is -0.607. The third-order valence-electron chi connectivity index (χ3n) is 4.00. The first-order valence-corrected chi connectivity index (χ1v) is 11.8. The Bertz CT molecular complexity index is 652. The SMILES string of the molecule is C[Si](C)O[C@@](C(=O)S)([C@@H](NC(=O)OC(C)(C)C)c1ccccc1)C(C)(C)C. The Morgan fingerprint density at radius 2 is 1.56 bits per heavy atom. The van der Waals surface area contributed by atoms with Crippen LogP contribution in [0.25, 0.3) is 0 Å². The van der Waals surface area contributed by atoms with Crippen molar-refractivity contribution in [2.24, 2.45) is 5.41 Å². The number of hydrogen-bond donors (Lipinski definition) is 2. The average molecular weight is 411 g/mol. The molecule has 1 amide bonds. The Labute approximate surface area is 170 Å². The van der Waals surface area contributed by atoms with Gasteiger partial charge in [0.25, 0.3) is 0 Å². The zero-order valence-corrected chi connectivity index (χ0v) is 19.4. The Morgan fingerprint density at radius 1 is 1.04 bits per heavy atom. The van der Waals surface area contributed by atoms with Crippen LogP contribution in [0.1, 0.15) is 53.1 Å². The molecule has 0 saturated heterocycles. The second kappa shape index (κ2) is 8.79. The minimum Gasteiger partial charge on any atom is -0.444 e. The summed E-state index contributed by atoms with van der Waals surface area (Å²) in [5.41, 5.74) is -1.90. The quantitative estimate of drug-likeness (QED) is 0.524. The number of ether oxygens (including phenoxy) is 1. The molecule has 1 N–H and O–H groups in total. The molecule has 0 aliphatic carbocycles. The van der Waals surface area contributed by atoms with E-state index < -0.39 is 42.9 Å². The normalized spacial score (nSPS) is 15.8. The van der Waals surface area contributed by atoms with Crippen molar-refractivity contribution in [2.75, 3.05) is 0 Å². The third-order valence-corrected chi connectivity index (χ3v) is 5.06. The molecule has 5 nitrogen and oxygen atoms in total. The van der Waals surface area contributed by atoms with Gasteiger partial charge in [0.1, 0.15) is 5.60 Å². The van der Waals surface area contributed by atoms with Crippen molar-refractivity contribution in [2.45, 2.75) is 71.9 Å². The number of rotatable bonds is 6. The summed E-state index contributed by atoms with van der Waals surface area (Å²) in [4.78, 5) is 25.5. The fourth-order valence-corrected chi connectivity index (χ4v) is 4.70. The Hall–Kier alpha value is -1.31. The molecule has 0 spiro atoms. The third kappa shape index (κ3) is 6.09. The maximum absolute atomic E-state index is 12.9. The van der Waals surface area contributed by atoms with Crippen molar-refractivity contribution in [3.05, 3.63) is 35.9 Å². The van der Waals surface area contributed by atoms with Crippen molar-refractivity contribution in [1.29, 1.82) is 0 Å². The molecule has 7 heteroatoms. The van der Waals surface area contributed by atoms with Crippen LogP contribution in [0.5, 0.6) is 0 Å². The molecule has 1 rings (SSSR count). The summed E-state index contributed by atoms with van der Waals surface area (Å²) in [5.74, 6) is 0. The smallest absolute Gasteiger partial charge is 0.408 e. The highest BCUT2D eigenvalue weighted by Crippen LogP contribution is 2.45. The molecule has 0 fully saturated rings. The van der Waals surface area contributed by atoms with Crippen molar-refractivity contribution in [3.8, 4) is 0 Å². The first-order chi connectivity index (χ1) is 12.2. The van der Waals surface area contributed by atoms with E-state index in [1.54, 1.807) is 20.8 Å². The summed E-state index contributed by atoms with van der Waals surface area (Å²) in [6.45, 7) is 15.0. The van der Waals surface area contributed by atoms with Crippen molar-refractivity contribution in [3.63, 3.8) is 0 Å². The van der Waals surface area contributed by atoms with Crippen LogP contribution in [0, 0.1) is 5.41 Å². The molecule has 0 heterocycles.